The minimum Gasteiger partial charge on any atom is -0.393 e. The number of fused-ring (bicyclic) bond motifs is 3. The highest BCUT2D eigenvalue weighted by atomic mass is 19.1. The fourth-order valence-electron chi connectivity index (χ4n) is 4.38. The van der Waals surface area contributed by atoms with E-state index < -0.39 is 29.5 Å². The number of halogens is 2. The Morgan fingerprint density at radius 3 is 2.85 bits per heavy atom. The maximum Gasteiger partial charge on any atom is 0.322 e. The molecule has 2 aliphatic rings. The molecule has 4 rings (SSSR count). The standard InChI is InChI=1S/C22H24F2N6O3/c1-4-17(31)12-9-28(3)21(32)20-13-11-29(8-7-15(13)27-30(20)10-12)22(33)26-16-6-5-14(23)19(25-2)18(16)24/h5-6,12,17,31H,4,7-11H2,1,3H3,(H,26,33)/t12-,17-/m1/s1. The number of carbonyl (C=O) groups excluding carboxylic acids is 2. The van der Waals surface area contributed by atoms with Gasteiger partial charge in [-0.3, -0.25) is 9.48 Å². The van der Waals surface area contributed by atoms with Crippen LogP contribution in [0.4, 0.5) is 25.0 Å². The molecule has 2 N–H and O–H groups in total. The maximum atomic E-state index is 14.4. The molecule has 0 saturated carbocycles. The van der Waals surface area contributed by atoms with Gasteiger partial charge in [-0.15, -0.1) is 0 Å². The zero-order valence-corrected chi connectivity index (χ0v) is 18.3. The topological polar surface area (TPSA) is 95.1 Å². The van der Waals surface area contributed by atoms with E-state index in [0.717, 1.165) is 12.1 Å². The highest BCUT2D eigenvalue weighted by molar-refractivity contribution is 5.95. The molecule has 0 fully saturated rings. The van der Waals surface area contributed by atoms with E-state index in [-0.39, 0.29) is 24.1 Å². The summed E-state index contributed by atoms with van der Waals surface area (Å²) in [6, 6.07) is 1.36. The number of rotatable bonds is 3. The number of benzene rings is 1. The Kier molecular flexibility index (Phi) is 6.03. The lowest BCUT2D eigenvalue weighted by Crippen LogP contribution is -2.40. The van der Waals surface area contributed by atoms with Crippen molar-refractivity contribution in [3.63, 3.8) is 0 Å². The zero-order chi connectivity index (χ0) is 23.9. The second-order valence-corrected chi connectivity index (χ2v) is 8.35. The number of amides is 3. The fraction of sp³-hybridized carbons (Fsp3) is 0.455. The number of aliphatic hydroxyl groups is 1. The number of hydrogen-bond donors (Lipinski definition) is 2. The van der Waals surface area contributed by atoms with Crippen molar-refractivity contribution in [2.45, 2.75) is 39.0 Å². The van der Waals surface area contributed by atoms with Gasteiger partial charge in [0.2, 0.25) is 0 Å². The van der Waals surface area contributed by atoms with Crippen molar-refractivity contribution >= 4 is 23.3 Å². The van der Waals surface area contributed by atoms with Crippen LogP contribution in [0, 0.1) is 24.1 Å². The van der Waals surface area contributed by atoms with Crippen molar-refractivity contribution < 1.29 is 23.5 Å². The highest BCUT2D eigenvalue weighted by Crippen LogP contribution is 2.30. The van der Waals surface area contributed by atoms with Gasteiger partial charge < -0.3 is 20.2 Å². The number of aliphatic hydroxyl groups excluding tert-OH is 1. The van der Waals surface area contributed by atoms with E-state index in [2.05, 4.69) is 15.3 Å². The lowest BCUT2D eigenvalue weighted by Gasteiger charge is -2.28. The molecule has 1 aromatic heterocycles. The lowest BCUT2D eigenvalue weighted by atomic mass is 10.0. The van der Waals surface area contributed by atoms with Crippen molar-refractivity contribution in [2.75, 3.05) is 25.5 Å². The molecule has 174 valence electrons. The van der Waals surface area contributed by atoms with E-state index >= 15 is 0 Å². The monoisotopic (exact) mass is 458 g/mol. The smallest absolute Gasteiger partial charge is 0.322 e. The predicted molar refractivity (Wildman–Crippen MR) is 115 cm³/mol. The van der Waals surface area contributed by atoms with Crippen molar-refractivity contribution in [1.29, 1.82) is 0 Å². The van der Waals surface area contributed by atoms with Crippen LogP contribution in [0.25, 0.3) is 4.85 Å². The largest absolute Gasteiger partial charge is 0.393 e. The second kappa shape index (κ2) is 8.78. The lowest BCUT2D eigenvalue weighted by molar-refractivity contribution is 0.0626. The Morgan fingerprint density at radius 2 is 2.15 bits per heavy atom. The molecular weight excluding hydrogens is 434 g/mol. The van der Waals surface area contributed by atoms with Gasteiger partial charge >= 0.3 is 6.03 Å². The number of urea groups is 1. The second-order valence-electron chi connectivity index (χ2n) is 8.35. The number of nitrogens with zero attached hydrogens (tertiary/aromatic N) is 5. The third-order valence-electron chi connectivity index (χ3n) is 6.24. The number of hydrogen-bond acceptors (Lipinski definition) is 4. The quantitative estimate of drug-likeness (QED) is 0.692. The Labute approximate surface area is 189 Å². The first-order valence-electron chi connectivity index (χ1n) is 10.7. The van der Waals surface area contributed by atoms with E-state index in [1.54, 1.807) is 16.6 Å². The molecule has 9 nitrogen and oxygen atoms in total. The van der Waals surface area contributed by atoms with Crippen LogP contribution >= 0.6 is 0 Å². The molecule has 0 saturated heterocycles. The Hall–Kier alpha value is -3.52. The van der Waals surface area contributed by atoms with Gasteiger partial charge in [0.15, 0.2) is 5.82 Å². The van der Waals surface area contributed by atoms with E-state index in [4.69, 9.17) is 6.57 Å². The van der Waals surface area contributed by atoms with Gasteiger partial charge in [0.1, 0.15) is 11.5 Å². The van der Waals surface area contributed by atoms with Gasteiger partial charge in [-0.1, -0.05) is 6.92 Å². The number of carbonyl (C=O) groups is 2. The van der Waals surface area contributed by atoms with Crippen LogP contribution in [-0.4, -0.2) is 62.9 Å². The van der Waals surface area contributed by atoms with Gasteiger partial charge in [-0.25, -0.2) is 18.4 Å². The normalized spacial score (nSPS) is 18.8. The molecule has 3 heterocycles. The summed E-state index contributed by atoms with van der Waals surface area (Å²) in [7, 11) is 1.67. The molecule has 2 aliphatic heterocycles. The molecule has 1 aromatic carbocycles. The van der Waals surface area contributed by atoms with Gasteiger partial charge in [0, 0.05) is 44.6 Å². The first kappa shape index (κ1) is 22.7. The van der Waals surface area contributed by atoms with Crippen molar-refractivity contribution in [3.05, 3.63) is 52.1 Å². The molecule has 0 radical (unpaired) electrons. The fourth-order valence-corrected chi connectivity index (χ4v) is 4.38. The molecule has 2 aromatic rings. The zero-order valence-electron chi connectivity index (χ0n) is 18.3. The number of aromatic nitrogens is 2. The SMILES string of the molecule is [C-]#[N+]c1c(F)ccc(NC(=O)N2CCc3nn4c(c3C2)C(=O)N(C)C[C@@H]([C@H](O)CC)C4)c1F. The molecule has 33 heavy (non-hydrogen) atoms. The molecule has 0 bridgehead atoms. The molecule has 11 heteroatoms. The van der Waals surface area contributed by atoms with Crippen LogP contribution in [0.15, 0.2) is 12.1 Å². The van der Waals surface area contributed by atoms with Crippen molar-refractivity contribution in [2.24, 2.45) is 5.92 Å². The van der Waals surface area contributed by atoms with Crippen LogP contribution in [0.5, 0.6) is 0 Å². The molecule has 2 atom stereocenters. The summed E-state index contributed by atoms with van der Waals surface area (Å²) in [5.74, 6) is -2.53. The Bertz CT molecular complexity index is 1160. The van der Waals surface area contributed by atoms with Gasteiger partial charge in [-0.2, -0.15) is 5.10 Å². The minimum atomic E-state index is -1.13. The van der Waals surface area contributed by atoms with Gasteiger partial charge in [0.25, 0.3) is 11.6 Å². The predicted octanol–water partition coefficient (Wildman–Crippen LogP) is 2.77. The highest BCUT2D eigenvalue weighted by Gasteiger charge is 2.36. The summed E-state index contributed by atoms with van der Waals surface area (Å²) in [4.78, 5) is 31.7. The van der Waals surface area contributed by atoms with E-state index in [0.29, 0.717) is 49.4 Å². The van der Waals surface area contributed by atoms with Crippen molar-refractivity contribution in [3.8, 4) is 0 Å². The maximum absolute atomic E-state index is 14.4. The first-order chi connectivity index (χ1) is 15.7. The average Bonchev–Trinajstić information content (AvgIpc) is 3.10. The molecule has 3 amide bonds. The molecule has 0 spiro atoms. The number of anilines is 1. The summed E-state index contributed by atoms with van der Waals surface area (Å²) < 4.78 is 29.6. The summed E-state index contributed by atoms with van der Waals surface area (Å²) in [6.07, 6.45) is 0.396. The van der Waals surface area contributed by atoms with Crippen LogP contribution in [0.2, 0.25) is 0 Å². The minimum absolute atomic E-state index is 0.0928. The van der Waals surface area contributed by atoms with E-state index in [1.807, 2.05) is 6.92 Å². The van der Waals surface area contributed by atoms with Crippen LogP contribution in [0.1, 0.15) is 35.1 Å². The van der Waals surface area contributed by atoms with E-state index in [9.17, 15) is 23.5 Å². The Balaban J connectivity index is 1.59. The third-order valence-corrected chi connectivity index (χ3v) is 6.24. The van der Waals surface area contributed by atoms with Crippen LogP contribution < -0.4 is 5.32 Å². The molecule has 0 aliphatic carbocycles. The summed E-state index contributed by atoms with van der Waals surface area (Å²) >= 11 is 0. The van der Waals surface area contributed by atoms with Gasteiger partial charge in [-0.05, 0) is 18.6 Å². The Morgan fingerprint density at radius 1 is 1.39 bits per heavy atom. The van der Waals surface area contributed by atoms with Gasteiger partial charge in [0.05, 0.1) is 30.6 Å². The third kappa shape index (κ3) is 4.02. The van der Waals surface area contributed by atoms with Crippen LogP contribution in [0.3, 0.4) is 0 Å². The first-order valence-corrected chi connectivity index (χ1v) is 10.7. The molecular formula is C22H24F2N6O3. The molecule has 0 unspecified atom stereocenters. The summed E-state index contributed by atoms with van der Waals surface area (Å²) in [6.45, 7) is 9.97. The van der Waals surface area contributed by atoms with E-state index in [1.165, 1.54) is 4.90 Å². The summed E-state index contributed by atoms with van der Waals surface area (Å²) in [5.41, 5.74) is 0.651. The summed E-state index contributed by atoms with van der Waals surface area (Å²) in [5, 5.41) is 17.3. The van der Waals surface area contributed by atoms with Crippen LogP contribution in [-0.2, 0) is 19.5 Å². The number of nitrogens with one attached hydrogen (secondary N) is 1. The van der Waals surface area contributed by atoms with Crippen molar-refractivity contribution in [1.82, 2.24) is 19.6 Å². The average molecular weight is 458 g/mol.